The summed E-state index contributed by atoms with van der Waals surface area (Å²) in [7, 11) is 0. The molecule has 0 saturated carbocycles. The van der Waals surface area contributed by atoms with Gasteiger partial charge in [-0.2, -0.15) is 0 Å². The highest BCUT2D eigenvalue weighted by molar-refractivity contribution is 5.89. The van der Waals surface area contributed by atoms with Crippen LogP contribution in [-0.2, 0) is 19.0 Å². The number of carbonyl (C=O) groups excluding carboxylic acids is 1. The second-order valence-corrected chi connectivity index (χ2v) is 6.03. The van der Waals surface area contributed by atoms with E-state index in [1.54, 1.807) is 13.8 Å². The lowest BCUT2D eigenvalue weighted by Gasteiger charge is -2.20. The highest BCUT2D eigenvalue weighted by Gasteiger charge is 2.24. The Labute approximate surface area is 132 Å². The van der Waals surface area contributed by atoms with E-state index >= 15 is 0 Å². The van der Waals surface area contributed by atoms with Crippen molar-refractivity contribution in [1.82, 2.24) is 0 Å². The van der Waals surface area contributed by atoms with Gasteiger partial charge in [0.2, 0.25) is 0 Å². The van der Waals surface area contributed by atoms with E-state index in [0.717, 1.165) is 0 Å². The molecule has 0 aromatic heterocycles. The summed E-state index contributed by atoms with van der Waals surface area (Å²) >= 11 is 0. The van der Waals surface area contributed by atoms with Gasteiger partial charge in [-0.1, -0.05) is 13.2 Å². The summed E-state index contributed by atoms with van der Waals surface area (Å²) < 4.78 is 15.3. The van der Waals surface area contributed by atoms with Crippen molar-refractivity contribution in [2.75, 3.05) is 20.0 Å². The first-order valence-electron chi connectivity index (χ1n) is 7.17. The van der Waals surface area contributed by atoms with Crippen LogP contribution in [0.4, 0.5) is 0 Å². The zero-order chi connectivity index (χ0) is 17.4. The Bertz CT molecular complexity index is 386. The number of carbonyl (C=O) groups is 1. The number of hydrogen-bond acceptors (Lipinski definition) is 6. The number of ether oxygens (including phenoxy) is 3. The fraction of sp³-hybridized carbons (Fsp3) is 0.688. The molecular formula is C16H28O6. The second-order valence-electron chi connectivity index (χ2n) is 6.03. The van der Waals surface area contributed by atoms with Crippen molar-refractivity contribution in [2.24, 2.45) is 0 Å². The minimum Gasteiger partial charge on any atom is -0.469 e. The smallest absolute Gasteiger partial charge is 0.336 e. The van der Waals surface area contributed by atoms with Crippen molar-refractivity contribution in [3.8, 4) is 0 Å². The third-order valence-electron chi connectivity index (χ3n) is 2.90. The minimum atomic E-state index is -1.28. The Morgan fingerprint density at radius 2 is 1.50 bits per heavy atom. The van der Waals surface area contributed by atoms with Gasteiger partial charge in [-0.25, -0.2) is 4.79 Å². The molecule has 0 aromatic carbocycles. The first-order valence-corrected chi connectivity index (χ1v) is 7.17. The molecule has 0 aliphatic heterocycles. The number of aliphatic hydroxyl groups is 2. The molecule has 0 rings (SSSR count). The lowest BCUT2D eigenvalue weighted by Crippen LogP contribution is -2.28. The highest BCUT2D eigenvalue weighted by Crippen LogP contribution is 2.15. The van der Waals surface area contributed by atoms with Gasteiger partial charge in [0.05, 0.1) is 24.4 Å². The van der Waals surface area contributed by atoms with Crippen LogP contribution in [0.5, 0.6) is 0 Å². The maximum atomic E-state index is 11.5. The summed E-state index contributed by atoms with van der Waals surface area (Å²) in [5.41, 5.74) is -2.34. The molecule has 0 atom stereocenters. The molecule has 0 aliphatic carbocycles. The van der Waals surface area contributed by atoms with Crippen molar-refractivity contribution >= 4 is 5.97 Å². The van der Waals surface area contributed by atoms with Gasteiger partial charge in [-0.3, -0.25) is 0 Å². The van der Waals surface area contributed by atoms with Gasteiger partial charge >= 0.3 is 5.97 Å². The molecule has 0 radical (unpaired) electrons. The van der Waals surface area contributed by atoms with Gasteiger partial charge in [0.25, 0.3) is 0 Å². The normalized spacial score (nSPS) is 11.9. The Morgan fingerprint density at radius 3 is 2.00 bits per heavy atom. The van der Waals surface area contributed by atoms with E-state index in [2.05, 4.69) is 13.2 Å². The molecule has 0 unspecified atom stereocenters. The Hall–Kier alpha value is -1.37. The molecule has 6 heteroatoms. The third-order valence-corrected chi connectivity index (χ3v) is 2.90. The molecule has 6 nitrogen and oxygen atoms in total. The first kappa shape index (κ1) is 20.6. The molecule has 0 bridgehead atoms. The number of unbranched alkanes of at least 4 members (excludes halogenated alkanes) is 1. The van der Waals surface area contributed by atoms with Crippen LogP contribution in [0, 0.1) is 0 Å². The van der Waals surface area contributed by atoms with Gasteiger partial charge in [0.15, 0.2) is 6.79 Å². The van der Waals surface area contributed by atoms with E-state index in [4.69, 9.17) is 14.2 Å². The minimum absolute atomic E-state index is 0.0120. The van der Waals surface area contributed by atoms with E-state index in [9.17, 15) is 15.0 Å². The average molecular weight is 316 g/mol. The van der Waals surface area contributed by atoms with Gasteiger partial charge in [0.1, 0.15) is 11.4 Å². The molecular weight excluding hydrogens is 288 g/mol. The zero-order valence-electron chi connectivity index (χ0n) is 14.0. The van der Waals surface area contributed by atoms with Crippen molar-refractivity contribution < 1.29 is 29.2 Å². The van der Waals surface area contributed by atoms with Crippen LogP contribution in [-0.4, -0.2) is 47.4 Å². The lowest BCUT2D eigenvalue weighted by atomic mass is 10.0. The summed E-state index contributed by atoms with van der Waals surface area (Å²) in [4.78, 5) is 11.5. The fourth-order valence-corrected chi connectivity index (χ4v) is 1.16. The first-order chi connectivity index (χ1) is 9.96. The SMILES string of the molecule is C=C(OCOCCCCOC(=O)C(=C)C(C)(C)O)C(C)(C)O. The Kier molecular flexibility index (Phi) is 8.37. The van der Waals surface area contributed by atoms with E-state index < -0.39 is 17.2 Å². The zero-order valence-corrected chi connectivity index (χ0v) is 14.0. The van der Waals surface area contributed by atoms with Gasteiger partial charge < -0.3 is 24.4 Å². The quantitative estimate of drug-likeness (QED) is 0.199. The molecule has 0 heterocycles. The van der Waals surface area contributed by atoms with Crippen LogP contribution in [0.2, 0.25) is 0 Å². The number of rotatable bonds is 11. The van der Waals surface area contributed by atoms with E-state index in [-0.39, 0.29) is 24.7 Å². The van der Waals surface area contributed by atoms with Crippen LogP contribution >= 0.6 is 0 Å². The topological polar surface area (TPSA) is 85.2 Å². The van der Waals surface area contributed by atoms with Crippen molar-refractivity contribution in [2.45, 2.75) is 51.7 Å². The van der Waals surface area contributed by atoms with E-state index in [0.29, 0.717) is 19.4 Å². The van der Waals surface area contributed by atoms with Crippen molar-refractivity contribution in [1.29, 1.82) is 0 Å². The van der Waals surface area contributed by atoms with E-state index in [1.807, 2.05) is 0 Å². The Morgan fingerprint density at radius 1 is 0.955 bits per heavy atom. The molecule has 128 valence electrons. The third kappa shape index (κ3) is 8.81. The molecule has 0 aromatic rings. The van der Waals surface area contributed by atoms with Crippen LogP contribution in [0.15, 0.2) is 24.5 Å². The molecule has 0 spiro atoms. The second kappa shape index (κ2) is 8.92. The summed E-state index contributed by atoms with van der Waals surface area (Å²) in [6, 6.07) is 0. The van der Waals surface area contributed by atoms with Gasteiger partial charge in [-0.15, -0.1) is 0 Å². The average Bonchev–Trinajstić information content (AvgIpc) is 2.38. The van der Waals surface area contributed by atoms with Crippen LogP contribution in [0.25, 0.3) is 0 Å². The monoisotopic (exact) mass is 316 g/mol. The maximum Gasteiger partial charge on any atom is 0.336 e. The summed E-state index contributed by atoms with van der Waals surface area (Å²) in [6.45, 7) is 13.9. The number of hydrogen-bond donors (Lipinski definition) is 2. The fourth-order valence-electron chi connectivity index (χ4n) is 1.16. The Balaban J connectivity index is 3.62. The lowest BCUT2D eigenvalue weighted by molar-refractivity contribution is -0.141. The molecule has 2 N–H and O–H groups in total. The van der Waals surface area contributed by atoms with Crippen molar-refractivity contribution in [3.05, 3.63) is 24.5 Å². The summed E-state index contributed by atoms with van der Waals surface area (Å²) in [5, 5.41) is 19.2. The van der Waals surface area contributed by atoms with Crippen LogP contribution < -0.4 is 0 Å². The van der Waals surface area contributed by atoms with Crippen LogP contribution in [0.3, 0.4) is 0 Å². The largest absolute Gasteiger partial charge is 0.469 e. The van der Waals surface area contributed by atoms with Gasteiger partial charge in [-0.05, 0) is 40.5 Å². The van der Waals surface area contributed by atoms with Crippen molar-refractivity contribution in [3.63, 3.8) is 0 Å². The number of esters is 1. The summed E-state index contributed by atoms with van der Waals surface area (Å²) in [6.07, 6.45) is 1.30. The van der Waals surface area contributed by atoms with Gasteiger partial charge in [0, 0.05) is 0 Å². The molecule has 22 heavy (non-hydrogen) atoms. The van der Waals surface area contributed by atoms with Crippen LogP contribution in [0.1, 0.15) is 40.5 Å². The predicted molar refractivity (Wildman–Crippen MR) is 83.0 cm³/mol. The predicted octanol–water partition coefficient (Wildman–Crippen LogP) is 1.91. The highest BCUT2D eigenvalue weighted by atomic mass is 16.7. The molecule has 0 fully saturated rings. The molecule has 0 aliphatic rings. The maximum absolute atomic E-state index is 11.5. The van der Waals surface area contributed by atoms with E-state index in [1.165, 1.54) is 13.8 Å². The summed E-state index contributed by atoms with van der Waals surface area (Å²) in [5.74, 6) is -0.357. The molecule has 0 amide bonds. The standard InChI is InChI=1S/C16H28O6/c1-12(15(3,4)18)14(17)21-10-8-7-9-20-11-22-13(2)16(5,6)19/h18-19H,1-2,7-11H2,3-6H3. The molecule has 0 saturated heterocycles.